The van der Waals surface area contributed by atoms with Gasteiger partial charge >= 0.3 is 0 Å². The standard InChI is InChI=1S/C12H21NO3/c1-15-6-7-16-5-4-13-10-2-3-11(13)9-12(14)8-10/h10-11H,2-9H2,1H3. The number of hydrogen-bond acceptors (Lipinski definition) is 4. The highest BCUT2D eigenvalue weighted by Crippen LogP contribution is 2.33. The number of ether oxygens (including phenoxy) is 2. The Kier molecular flexibility index (Phi) is 4.32. The van der Waals surface area contributed by atoms with Crippen molar-refractivity contribution in [3.63, 3.8) is 0 Å². The minimum atomic E-state index is 0.448. The molecular weight excluding hydrogens is 206 g/mol. The van der Waals surface area contributed by atoms with Crippen LogP contribution >= 0.6 is 0 Å². The molecule has 0 saturated carbocycles. The molecule has 2 fully saturated rings. The number of hydrogen-bond donors (Lipinski definition) is 0. The summed E-state index contributed by atoms with van der Waals surface area (Å²) in [6.07, 6.45) is 3.89. The Labute approximate surface area is 96.9 Å². The maximum Gasteiger partial charge on any atom is 0.136 e. The van der Waals surface area contributed by atoms with Crippen LogP contribution in [0, 0.1) is 0 Å². The van der Waals surface area contributed by atoms with Crippen LogP contribution in [0.4, 0.5) is 0 Å². The van der Waals surface area contributed by atoms with Crippen molar-refractivity contribution in [3.05, 3.63) is 0 Å². The van der Waals surface area contributed by atoms with Gasteiger partial charge in [-0.05, 0) is 12.8 Å². The van der Waals surface area contributed by atoms with Gasteiger partial charge in [0.25, 0.3) is 0 Å². The molecule has 2 bridgehead atoms. The number of Topliss-reactive ketones (excluding diaryl/α,β-unsaturated/α-hetero) is 1. The van der Waals surface area contributed by atoms with Crippen LogP contribution in [0.5, 0.6) is 0 Å². The lowest BCUT2D eigenvalue weighted by Gasteiger charge is -2.33. The van der Waals surface area contributed by atoms with Crippen molar-refractivity contribution in [1.82, 2.24) is 4.90 Å². The molecule has 0 aromatic rings. The van der Waals surface area contributed by atoms with Crippen LogP contribution in [0.25, 0.3) is 0 Å². The smallest absolute Gasteiger partial charge is 0.136 e. The Morgan fingerprint density at radius 1 is 1.19 bits per heavy atom. The average molecular weight is 227 g/mol. The second kappa shape index (κ2) is 5.75. The van der Waals surface area contributed by atoms with Crippen LogP contribution in [-0.4, -0.2) is 56.2 Å². The Hall–Kier alpha value is -0.450. The van der Waals surface area contributed by atoms with E-state index in [1.807, 2.05) is 0 Å². The SMILES string of the molecule is COCCOCCN1C2CCC1CC(=O)C2. The molecule has 2 aliphatic rings. The van der Waals surface area contributed by atoms with Gasteiger partial charge in [-0.3, -0.25) is 9.69 Å². The summed E-state index contributed by atoms with van der Waals surface area (Å²) in [6, 6.07) is 0.995. The number of methoxy groups -OCH3 is 1. The number of rotatable bonds is 6. The summed E-state index contributed by atoms with van der Waals surface area (Å²) >= 11 is 0. The third kappa shape index (κ3) is 2.81. The van der Waals surface area contributed by atoms with E-state index in [0.29, 0.717) is 31.1 Å². The van der Waals surface area contributed by atoms with Gasteiger partial charge < -0.3 is 9.47 Å². The van der Waals surface area contributed by atoms with E-state index >= 15 is 0 Å². The quantitative estimate of drug-likeness (QED) is 0.630. The average Bonchev–Trinajstić information content (AvgIpc) is 2.51. The van der Waals surface area contributed by atoms with Gasteiger partial charge in [-0.25, -0.2) is 0 Å². The Morgan fingerprint density at radius 3 is 2.50 bits per heavy atom. The van der Waals surface area contributed by atoms with Gasteiger partial charge in [-0.15, -0.1) is 0 Å². The van der Waals surface area contributed by atoms with Crippen molar-refractivity contribution in [2.45, 2.75) is 37.8 Å². The minimum Gasteiger partial charge on any atom is -0.382 e. The second-order valence-electron chi connectivity index (χ2n) is 4.67. The first-order valence-electron chi connectivity index (χ1n) is 6.15. The molecule has 2 unspecified atom stereocenters. The first-order valence-corrected chi connectivity index (χ1v) is 6.15. The fourth-order valence-electron chi connectivity index (χ4n) is 2.84. The first kappa shape index (κ1) is 12.0. The van der Waals surface area contributed by atoms with E-state index < -0.39 is 0 Å². The van der Waals surface area contributed by atoms with Gasteiger partial charge in [0.2, 0.25) is 0 Å². The molecule has 2 heterocycles. The maximum absolute atomic E-state index is 11.4. The highest BCUT2D eigenvalue weighted by atomic mass is 16.5. The molecule has 0 amide bonds. The first-order chi connectivity index (χ1) is 7.81. The van der Waals surface area contributed by atoms with Crippen LogP contribution in [0.3, 0.4) is 0 Å². The highest BCUT2D eigenvalue weighted by molar-refractivity contribution is 5.80. The van der Waals surface area contributed by atoms with Crippen LogP contribution in [0.15, 0.2) is 0 Å². The zero-order valence-electron chi connectivity index (χ0n) is 9.98. The molecule has 4 nitrogen and oxygen atoms in total. The Morgan fingerprint density at radius 2 is 1.88 bits per heavy atom. The van der Waals surface area contributed by atoms with Gasteiger partial charge in [0.05, 0.1) is 19.8 Å². The Bertz CT molecular complexity index is 228. The van der Waals surface area contributed by atoms with E-state index in [1.54, 1.807) is 7.11 Å². The van der Waals surface area contributed by atoms with Gasteiger partial charge in [0, 0.05) is 38.6 Å². The molecule has 0 spiro atoms. The molecule has 4 heteroatoms. The molecule has 2 aliphatic heterocycles. The van der Waals surface area contributed by atoms with Crippen LogP contribution in [-0.2, 0) is 14.3 Å². The summed E-state index contributed by atoms with van der Waals surface area (Å²) in [7, 11) is 1.68. The number of piperidine rings is 1. The van der Waals surface area contributed by atoms with Gasteiger partial charge in [0.1, 0.15) is 5.78 Å². The predicted octanol–water partition coefficient (Wildman–Crippen LogP) is 0.845. The zero-order chi connectivity index (χ0) is 11.4. The van der Waals surface area contributed by atoms with Crippen molar-refractivity contribution in [2.24, 2.45) is 0 Å². The summed E-state index contributed by atoms with van der Waals surface area (Å²) in [5.41, 5.74) is 0. The molecule has 0 aromatic heterocycles. The van der Waals surface area contributed by atoms with Crippen molar-refractivity contribution >= 4 is 5.78 Å². The normalized spacial score (nSPS) is 29.9. The predicted molar refractivity (Wildman–Crippen MR) is 60.5 cm³/mol. The molecule has 16 heavy (non-hydrogen) atoms. The fourth-order valence-corrected chi connectivity index (χ4v) is 2.84. The molecule has 0 radical (unpaired) electrons. The van der Waals surface area contributed by atoms with Crippen molar-refractivity contribution in [1.29, 1.82) is 0 Å². The lowest BCUT2D eigenvalue weighted by Crippen LogP contribution is -2.44. The molecule has 2 saturated heterocycles. The van der Waals surface area contributed by atoms with Crippen LogP contribution < -0.4 is 0 Å². The molecular formula is C12H21NO3. The minimum absolute atomic E-state index is 0.448. The topological polar surface area (TPSA) is 38.8 Å². The van der Waals surface area contributed by atoms with Gasteiger partial charge in [-0.2, -0.15) is 0 Å². The maximum atomic E-state index is 11.4. The highest BCUT2D eigenvalue weighted by Gasteiger charge is 2.39. The summed E-state index contributed by atoms with van der Waals surface area (Å²) in [6.45, 7) is 3.04. The molecule has 0 aliphatic carbocycles. The van der Waals surface area contributed by atoms with E-state index in [0.717, 1.165) is 26.0 Å². The third-order valence-corrected chi connectivity index (χ3v) is 3.62. The van der Waals surface area contributed by atoms with E-state index in [4.69, 9.17) is 9.47 Å². The summed E-state index contributed by atoms with van der Waals surface area (Å²) in [4.78, 5) is 13.9. The fraction of sp³-hybridized carbons (Fsp3) is 0.917. The Balaban J connectivity index is 1.68. The zero-order valence-corrected chi connectivity index (χ0v) is 9.98. The number of carbonyl (C=O) groups excluding carboxylic acids is 1. The van der Waals surface area contributed by atoms with Crippen molar-refractivity contribution in [3.8, 4) is 0 Å². The largest absolute Gasteiger partial charge is 0.382 e. The van der Waals surface area contributed by atoms with Gasteiger partial charge in [0.15, 0.2) is 0 Å². The lowest BCUT2D eigenvalue weighted by atomic mass is 10.0. The summed E-state index contributed by atoms with van der Waals surface area (Å²) in [5, 5.41) is 0. The van der Waals surface area contributed by atoms with E-state index in [1.165, 1.54) is 12.8 Å². The van der Waals surface area contributed by atoms with Crippen molar-refractivity contribution < 1.29 is 14.3 Å². The van der Waals surface area contributed by atoms with Crippen LogP contribution in [0.1, 0.15) is 25.7 Å². The number of ketones is 1. The van der Waals surface area contributed by atoms with Gasteiger partial charge in [-0.1, -0.05) is 0 Å². The summed E-state index contributed by atoms with van der Waals surface area (Å²) in [5.74, 6) is 0.448. The number of fused-ring (bicyclic) bond motifs is 2. The molecule has 2 atom stereocenters. The van der Waals surface area contributed by atoms with E-state index in [9.17, 15) is 4.79 Å². The molecule has 2 rings (SSSR count). The lowest BCUT2D eigenvalue weighted by molar-refractivity contribution is -0.123. The molecule has 0 N–H and O–H groups in total. The van der Waals surface area contributed by atoms with Crippen LogP contribution in [0.2, 0.25) is 0 Å². The molecule has 0 aromatic carbocycles. The summed E-state index contributed by atoms with van der Waals surface area (Å²) < 4.78 is 10.4. The van der Waals surface area contributed by atoms with E-state index in [-0.39, 0.29) is 0 Å². The monoisotopic (exact) mass is 227 g/mol. The van der Waals surface area contributed by atoms with Crippen molar-refractivity contribution in [2.75, 3.05) is 33.5 Å². The molecule has 92 valence electrons. The number of carbonyl (C=O) groups is 1. The number of nitrogens with zero attached hydrogens (tertiary/aromatic N) is 1. The van der Waals surface area contributed by atoms with E-state index in [2.05, 4.69) is 4.90 Å². The third-order valence-electron chi connectivity index (χ3n) is 3.62. The second-order valence-corrected chi connectivity index (χ2v) is 4.67.